The van der Waals surface area contributed by atoms with Crippen molar-refractivity contribution < 1.29 is 17.9 Å². The minimum absolute atomic E-state index is 0.0977. The summed E-state index contributed by atoms with van der Waals surface area (Å²) in [5.41, 5.74) is 0.742. The molecule has 1 aromatic heterocycles. The van der Waals surface area contributed by atoms with Gasteiger partial charge in [0.1, 0.15) is 18.1 Å². The van der Waals surface area contributed by atoms with Crippen LogP contribution in [0.3, 0.4) is 0 Å². The van der Waals surface area contributed by atoms with Crippen molar-refractivity contribution in [2.24, 2.45) is 5.92 Å². The maximum Gasteiger partial charge on any atom is 0.225 e. The number of amides is 1. The standard InChI is InChI=1S/C19H25N5O4S/c1-29(26,27)23-9-7-15(8-10-23)19(25)22-12-17(13-22)24-11-16(20-21-24)14-28-18-5-3-2-4-6-18/h2-6,11,15,17H,7-10,12-14H2,1H3. The highest BCUT2D eigenvalue weighted by molar-refractivity contribution is 7.88. The van der Waals surface area contributed by atoms with Crippen LogP contribution < -0.4 is 4.74 Å². The summed E-state index contributed by atoms with van der Waals surface area (Å²) < 4.78 is 32.1. The summed E-state index contributed by atoms with van der Waals surface area (Å²) in [6.45, 7) is 2.39. The lowest BCUT2D eigenvalue weighted by atomic mass is 9.94. The van der Waals surface area contributed by atoms with Crippen LogP contribution in [0.1, 0.15) is 24.6 Å². The average Bonchev–Trinajstić information content (AvgIpc) is 3.14. The Labute approximate surface area is 170 Å². The van der Waals surface area contributed by atoms with Gasteiger partial charge in [-0.05, 0) is 25.0 Å². The minimum Gasteiger partial charge on any atom is -0.487 e. The van der Waals surface area contributed by atoms with Crippen molar-refractivity contribution in [3.63, 3.8) is 0 Å². The molecular formula is C19H25N5O4S. The molecule has 0 bridgehead atoms. The lowest BCUT2D eigenvalue weighted by Gasteiger charge is -2.42. The van der Waals surface area contributed by atoms with Crippen molar-refractivity contribution in [2.45, 2.75) is 25.5 Å². The Morgan fingerprint density at radius 2 is 1.86 bits per heavy atom. The predicted molar refractivity (Wildman–Crippen MR) is 106 cm³/mol. The Hall–Kier alpha value is -2.46. The predicted octanol–water partition coefficient (Wildman–Crippen LogP) is 0.912. The van der Waals surface area contributed by atoms with Crippen molar-refractivity contribution in [1.82, 2.24) is 24.2 Å². The quantitative estimate of drug-likeness (QED) is 0.690. The molecule has 29 heavy (non-hydrogen) atoms. The summed E-state index contributed by atoms with van der Waals surface area (Å²) in [7, 11) is -3.17. The third kappa shape index (κ3) is 4.59. The summed E-state index contributed by atoms with van der Waals surface area (Å²) >= 11 is 0. The molecule has 0 atom stereocenters. The number of piperidine rings is 1. The monoisotopic (exact) mass is 419 g/mol. The summed E-state index contributed by atoms with van der Waals surface area (Å²) in [6, 6.07) is 9.66. The highest BCUT2D eigenvalue weighted by atomic mass is 32.2. The van der Waals surface area contributed by atoms with Crippen LogP contribution in [0.15, 0.2) is 36.5 Å². The van der Waals surface area contributed by atoms with E-state index in [9.17, 15) is 13.2 Å². The van der Waals surface area contributed by atoms with E-state index in [0.717, 1.165) is 11.4 Å². The zero-order valence-electron chi connectivity index (χ0n) is 16.3. The van der Waals surface area contributed by atoms with E-state index >= 15 is 0 Å². The van der Waals surface area contributed by atoms with Gasteiger partial charge in [-0.1, -0.05) is 23.4 Å². The van der Waals surface area contributed by atoms with Gasteiger partial charge in [0.25, 0.3) is 0 Å². The van der Waals surface area contributed by atoms with Crippen molar-refractivity contribution >= 4 is 15.9 Å². The van der Waals surface area contributed by atoms with E-state index in [1.165, 1.54) is 10.6 Å². The molecule has 0 radical (unpaired) electrons. The fourth-order valence-electron chi connectivity index (χ4n) is 3.73. The van der Waals surface area contributed by atoms with Crippen LogP contribution in [0.4, 0.5) is 0 Å². The number of para-hydroxylation sites is 1. The van der Waals surface area contributed by atoms with Gasteiger partial charge in [0, 0.05) is 32.1 Å². The Balaban J connectivity index is 1.24. The van der Waals surface area contributed by atoms with Crippen LogP contribution in [0.5, 0.6) is 5.75 Å². The molecule has 0 unspecified atom stereocenters. The van der Waals surface area contributed by atoms with Gasteiger partial charge in [-0.15, -0.1) is 5.10 Å². The lowest BCUT2D eigenvalue weighted by Crippen LogP contribution is -2.54. The first kappa shape index (κ1) is 19.8. The Morgan fingerprint density at radius 1 is 1.17 bits per heavy atom. The number of hydrogen-bond donors (Lipinski definition) is 0. The van der Waals surface area contributed by atoms with Crippen molar-refractivity contribution in [3.8, 4) is 5.75 Å². The molecule has 0 saturated carbocycles. The molecule has 1 aromatic carbocycles. The Bertz CT molecular complexity index is 948. The highest BCUT2D eigenvalue weighted by Crippen LogP contribution is 2.27. The summed E-state index contributed by atoms with van der Waals surface area (Å²) in [6.07, 6.45) is 4.24. The molecule has 0 N–H and O–H groups in total. The number of carbonyl (C=O) groups is 1. The number of nitrogens with zero attached hydrogens (tertiary/aromatic N) is 5. The highest BCUT2D eigenvalue weighted by Gasteiger charge is 2.38. The maximum absolute atomic E-state index is 12.7. The number of benzene rings is 1. The average molecular weight is 420 g/mol. The van der Waals surface area contributed by atoms with Crippen LogP contribution in [0.25, 0.3) is 0 Å². The van der Waals surface area contributed by atoms with Crippen LogP contribution in [0, 0.1) is 5.92 Å². The smallest absolute Gasteiger partial charge is 0.225 e. The van der Waals surface area contributed by atoms with Crippen molar-refractivity contribution in [2.75, 3.05) is 32.4 Å². The second-order valence-electron chi connectivity index (χ2n) is 7.62. The van der Waals surface area contributed by atoms with Gasteiger partial charge in [-0.2, -0.15) is 0 Å². The van der Waals surface area contributed by atoms with E-state index in [-0.39, 0.29) is 17.9 Å². The van der Waals surface area contributed by atoms with E-state index in [2.05, 4.69) is 10.3 Å². The molecule has 2 aromatic rings. The summed E-state index contributed by atoms with van der Waals surface area (Å²) in [5.74, 6) is 0.797. The fraction of sp³-hybridized carbons (Fsp3) is 0.526. The fourth-order valence-corrected chi connectivity index (χ4v) is 4.60. The van der Waals surface area contributed by atoms with Gasteiger partial charge in [-0.3, -0.25) is 4.79 Å². The van der Waals surface area contributed by atoms with Gasteiger partial charge >= 0.3 is 0 Å². The Morgan fingerprint density at radius 3 is 2.52 bits per heavy atom. The number of rotatable bonds is 6. The first-order chi connectivity index (χ1) is 13.9. The summed E-state index contributed by atoms with van der Waals surface area (Å²) in [4.78, 5) is 14.5. The van der Waals surface area contributed by atoms with Gasteiger partial charge in [0.2, 0.25) is 15.9 Å². The molecule has 9 nitrogen and oxygen atoms in total. The SMILES string of the molecule is CS(=O)(=O)N1CCC(C(=O)N2CC(n3cc(COc4ccccc4)nn3)C2)CC1. The van der Waals surface area contributed by atoms with Crippen molar-refractivity contribution in [3.05, 3.63) is 42.2 Å². The number of hydrogen-bond acceptors (Lipinski definition) is 6. The topological polar surface area (TPSA) is 97.6 Å². The number of ether oxygens (including phenoxy) is 1. The van der Waals surface area contributed by atoms with Crippen molar-refractivity contribution in [1.29, 1.82) is 0 Å². The lowest BCUT2D eigenvalue weighted by molar-refractivity contribution is -0.142. The van der Waals surface area contributed by atoms with Gasteiger partial charge < -0.3 is 9.64 Å². The molecular weight excluding hydrogens is 394 g/mol. The van der Waals surface area contributed by atoms with E-state index < -0.39 is 10.0 Å². The zero-order chi connectivity index (χ0) is 20.4. The molecule has 3 heterocycles. The molecule has 2 fully saturated rings. The molecule has 2 aliphatic rings. The van der Waals surface area contributed by atoms with Crippen LogP contribution in [-0.4, -0.2) is 71.0 Å². The summed E-state index contributed by atoms with van der Waals surface area (Å²) in [5, 5.41) is 8.32. The molecule has 156 valence electrons. The second kappa shape index (κ2) is 8.11. The molecule has 2 saturated heterocycles. The molecule has 1 amide bonds. The first-order valence-corrected chi connectivity index (χ1v) is 11.6. The number of carbonyl (C=O) groups excluding carboxylic acids is 1. The normalized spacial score (nSPS) is 19.1. The maximum atomic E-state index is 12.7. The van der Waals surface area contributed by atoms with Gasteiger partial charge in [0.05, 0.1) is 18.5 Å². The second-order valence-corrected chi connectivity index (χ2v) is 9.61. The number of sulfonamides is 1. The number of aromatic nitrogens is 3. The molecule has 4 rings (SSSR count). The third-order valence-corrected chi connectivity index (χ3v) is 6.81. The zero-order valence-corrected chi connectivity index (χ0v) is 17.2. The van der Waals surface area contributed by atoms with Crippen LogP contribution >= 0.6 is 0 Å². The van der Waals surface area contributed by atoms with Gasteiger partial charge in [-0.25, -0.2) is 17.4 Å². The van der Waals surface area contributed by atoms with E-state index in [1.54, 1.807) is 4.68 Å². The van der Waals surface area contributed by atoms with Crippen LogP contribution in [0.2, 0.25) is 0 Å². The minimum atomic E-state index is -3.17. The molecule has 0 aliphatic carbocycles. The first-order valence-electron chi connectivity index (χ1n) is 9.72. The van der Waals surface area contributed by atoms with E-state index in [4.69, 9.17) is 4.74 Å². The van der Waals surface area contributed by atoms with E-state index in [0.29, 0.717) is 45.6 Å². The Kier molecular flexibility index (Phi) is 5.55. The number of likely N-dealkylation sites (tertiary alicyclic amines) is 1. The molecule has 2 aliphatic heterocycles. The third-order valence-electron chi connectivity index (χ3n) is 5.51. The van der Waals surface area contributed by atoms with E-state index in [1.807, 2.05) is 41.4 Å². The molecule has 10 heteroatoms. The van der Waals surface area contributed by atoms with Crippen LogP contribution in [-0.2, 0) is 21.4 Å². The van der Waals surface area contributed by atoms with Gasteiger partial charge in [0.15, 0.2) is 0 Å². The molecule has 0 spiro atoms. The largest absolute Gasteiger partial charge is 0.487 e.